The first-order valence-corrected chi connectivity index (χ1v) is 7.14. The smallest absolute Gasteiger partial charge is 0.0565 e. The number of piperidine rings is 1. The Morgan fingerprint density at radius 3 is 2.35 bits per heavy atom. The molecule has 3 heteroatoms. The minimum atomic E-state index is 0.415. The van der Waals surface area contributed by atoms with Gasteiger partial charge in [-0.25, -0.2) is 0 Å². The number of ether oxygens (including phenoxy) is 1. The lowest BCUT2D eigenvalue weighted by atomic mass is 9.91. The summed E-state index contributed by atoms with van der Waals surface area (Å²) in [6.45, 7) is 9.23. The van der Waals surface area contributed by atoms with Gasteiger partial charge < -0.3 is 15.0 Å². The van der Waals surface area contributed by atoms with E-state index in [2.05, 4.69) is 38.0 Å². The standard InChI is InChI=1S/C14H28N2O/c1-10-9-16(4)6-5-14(10)15-13-7-11(2)17-12(3)8-13/h10-15H,5-9H2,1-4H3. The highest BCUT2D eigenvalue weighted by Gasteiger charge is 2.30. The fraction of sp³-hybridized carbons (Fsp3) is 1.00. The predicted octanol–water partition coefficient (Wildman–Crippen LogP) is 1.87. The van der Waals surface area contributed by atoms with Gasteiger partial charge in [0.1, 0.15) is 0 Å². The van der Waals surface area contributed by atoms with E-state index in [0.29, 0.717) is 24.3 Å². The Hall–Kier alpha value is -0.120. The van der Waals surface area contributed by atoms with Crippen LogP contribution in [-0.4, -0.2) is 49.3 Å². The second-order valence-electron chi connectivity index (χ2n) is 6.23. The highest BCUT2D eigenvalue weighted by molar-refractivity contribution is 4.87. The Morgan fingerprint density at radius 2 is 1.76 bits per heavy atom. The van der Waals surface area contributed by atoms with E-state index in [1.807, 2.05) is 0 Å². The van der Waals surface area contributed by atoms with Gasteiger partial charge in [-0.15, -0.1) is 0 Å². The van der Waals surface area contributed by atoms with Crippen LogP contribution in [0.3, 0.4) is 0 Å². The number of nitrogens with one attached hydrogen (secondary N) is 1. The summed E-state index contributed by atoms with van der Waals surface area (Å²) in [5.41, 5.74) is 0. The maximum absolute atomic E-state index is 5.80. The SMILES string of the molecule is CC1CC(NC2CCN(C)CC2C)CC(C)O1. The normalized spacial score (nSPS) is 44.8. The maximum atomic E-state index is 5.80. The molecule has 0 aromatic rings. The van der Waals surface area contributed by atoms with Crippen molar-refractivity contribution >= 4 is 0 Å². The zero-order chi connectivity index (χ0) is 12.4. The molecular weight excluding hydrogens is 212 g/mol. The van der Waals surface area contributed by atoms with Crippen LogP contribution in [0.5, 0.6) is 0 Å². The van der Waals surface area contributed by atoms with Gasteiger partial charge in [0.05, 0.1) is 12.2 Å². The monoisotopic (exact) mass is 240 g/mol. The molecule has 0 amide bonds. The van der Waals surface area contributed by atoms with E-state index in [-0.39, 0.29) is 0 Å². The number of hydrogen-bond donors (Lipinski definition) is 1. The van der Waals surface area contributed by atoms with Crippen LogP contribution in [0.25, 0.3) is 0 Å². The summed E-state index contributed by atoms with van der Waals surface area (Å²) < 4.78 is 5.80. The van der Waals surface area contributed by atoms with Gasteiger partial charge in [-0.05, 0) is 52.6 Å². The van der Waals surface area contributed by atoms with Crippen molar-refractivity contribution in [1.29, 1.82) is 0 Å². The van der Waals surface area contributed by atoms with E-state index in [1.54, 1.807) is 0 Å². The van der Waals surface area contributed by atoms with E-state index in [1.165, 1.54) is 32.4 Å². The molecular formula is C14H28N2O. The van der Waals surface area contributed by atoms with Gasteiger partial charge in [-0.2, -0.15) is 0 Å². The quantitative estimate of drug-likeness (QED) is 0.797. The van der Waals surface area contributed by atoms with E-state index in [9.17, 15) is 0 Å². The third-order valence-corrected chi connectivity index (χ3v) is 4.26. The lowest BCUT2D eigenvalue weighted by Crippen LogP contribution is -2.52. The number of nitrogens with zero attached hydrogens (tertiary/aromatic N) is 1. The lowest BCUT2D eigenvalue weighted by Gasteiger charge is -2.40. The summed E-state index contributed by atoms with van der Waals surface area (Å²) >= 11 is 0. The summed E-state index contributed by atoms with van der Waals surface area (Å²) in [4.78, 5) is 2.44. The van der Waals surface area contributed by atoms with Crippen LogP contribution < -0.4 is 5.32 Å². The Labute approximate surface area is 106 Å². The van der Waals surface area contributed by atoms with Crippen LogP contribution in [0.4, 0.5) is 0 Å². The number of likely N-dealkylation sites (tertiary alicyclic amines) is 1. The molecule has 4 unspecified atom stereocenters. The van der Waals surface area contributed by atoms with Gasteiger partial charge in [0.15, 0.2) is 0 Å². The van der Waals surface area contributed by atoms with Gasteiger partial charge in [0.2, 0.25) is 0 Å². The molecule has 0 bridgehead atoms. The molecule has 100 valence electrons. The van der Waals surface area contributed by atoms with Crippen molar-refractivity contribution in [3.63, 3.8) is 0 Å². The Morgan fingerprint density at radius 1 is 1.12 bits per heavy atom. The van der Waals surface area contributed by atoms with E-state index < -0.39 is 0 Å². The zero-order valence-electron chi connectivity index (χ0n) is 11.8. The Kier molecular flexibility index (Phi) is 4.45. The van der Waals surface area contributed by atoms with Crippen molar-refractivity contribution < 1.29 is 4.74 Å². The molecule has 0 aromatic heterocycles. The predicted molar refractivity (Wildman–Crippen MR) is 71.2 cm³/mol. The first-order chi connectivity index (χ1) is 8.04. The van der Waals surface area contributed by atoms with Crippen LogP contribution in [-0.2, 0) is 4.74 Å². The molecule has 0 radical (unpaired) electrons. The third-order valence-electron chi connectivity index (χ3n) is 4.26. The third kappa shape index (κ3) is 3.67. The Bertz CT molecular complexity index is 236. The van der Waals surface area contributed by atoms with Gasteiger partial charge >= 0.3 is 0 Å². The van der Waals surface area contributed by atoms with Gasteiger partial charge in [-0.3, -0.25) is 0 Å². The number of rotatable bonds is 2. The van der Waals surface area contributed by atoms with Gasteiger partial charge in [0, 0.05) is 18.6 Å². The number of hydrogen-bond acceptors (Lipinski definition) is 3. The molecule has 2 aliphatic rings. The van der Waals surface area contributed by atoms with Crippen molar-refractivity contribution in [2.75, 3.05) is 20.1 Å². The molecule has 0 aromatic carbocycles. The molecule has 2 heterocycles. The second kappa shape index (κ2) is 5.68. The fourth-order valence-electron chi connectivity index (χ4n) is 3.45. The second-order valence-corrected chi connectivity index (χ2v) is 6.23. The topological polar surface area (TPSA) is 24.5 Å². The van der Waals surface area contributed by atoms with E-state index >= 15 is 0 Å². The van der Waals surface area contributed by atoms with Crippen molar-refractivity contribution in [1.82, 2.24) is 10.2 Å². The summed E-state index contributed by atoms with van der Waals surface area (Å²) in [5, 5.41) is 3.88. The lowest BCUT2D eigenvalue weighted by molar-refractivity contribution is -0.0456. The molecule has 2 fully saturated rings. The highest BCUT2D eigenvalue weighted by atomic mass is 16.5. The van der Waals surface area contributed by atoms with Crippen LogP contribution in [0.15, 0.2) is 0 Å². The largest absolute Gasteiger partial charge is 0.375 e. The van der Waals surface area contributed by atoms with E-state index in [4.69, 9.17) is 4.74 Å². The molecule has 0 aliphatic carbocycles. The van der Waals surface area contributed by atoms with E-state index in [0.717, 1.165) is 5.92 Å². The summed E-state index contributed by atoms with van der Waals surface area (Å²) in [6, 6.07) is 1.36. The summed E-state index contributed by atoms with van der Waals surface area (Å²) in [6.07, 6.45) is 4.46. The van der Waals surface area contributed by atoms with Crippen LogP contribution in [0.1, 0.15) is 40.0 Å². The fourth-order valence-corrected chi connectivity index (χ4v) is 3.45. The molecule has 0 spiro atoms. The van der Waals surface area contributed by atoms with Gasteiger partial charge in [-0.1, -0.05) is 6.92 Å². The van der Waals surface area contributed by atoms with Crippen molar-refractivity contribution in [2.24, 2.45) is 5.92 Å². The van der Waals surface area contributed by atoms with Crippen LogP contribution >= 0.6 is 0 Å². The average Bonchev–Trinajstić information content (AvgIpc) is 2.21. The zero-order valence-corrected chi connectivity index (χ0v) is 11.8. The van der Waals surface area contributed by atoms with Gasteiger partial charge in [0.25, 0.3) is 0 Å². The van der Waals surface area contributed by atoms with Crippen molar-refractivity contribution in [3.8, 4) is 0 Å². The molecule has 2 aliphatic heterocycles. The first-order valence-electron chi connectivity index (χ1n) is 7.14. The average molecular weight is 240 g/mol. The Balaban J connectivity index is 1.83. The molecule has 1 N–H and O–H groups in total. The highest BCUT2D eigenvalue weighted by Crippen LogP contribution is 2.22. The van der Waals surface area contributed by atoms with Crippen LogP contribution in [0.2, 0.25) is 0 Å². The molecule has 4 atom stereocenters. The molecule has 17 heavy (non-hydrogen) atoms. The maximum Gasteiger partial charge on any atom is 0.0565 e. The molecule has 0 saturated carbocycles. The molecule has 2 rings (SSSR count). The molecule has 2 saturated heterocycles. The van der Waals surface area contributed by atoms with Crippen LogP contribution in [0, 0.1) is 5.92 Å². The first kappa shape index (κ1) is 13.3. The van der Waals surface area contributed by atoms with Crippen molar-refractivity contribution in [2.45, 2.75) is 64.3 Å². The minimum absolute atomic E-state index is 0.415. The minimum Gasteiger partial charge on any atom is -0.375 e. The summed E-state index contributed by atoms with van der Waals surface area (Å²) in [7, 11) is 2.23. The van der Waals surface area contributed by atoms with Crippen molar-refractivity contribution in [3.05, 3.63) is 0 Å². The molecule has 3 nitrogen and oxygen atoms in total. The summed E-state index contributed by atoms with van der Waals surface area (Å²) in [5.74, 6) is 0.766.